The summed E-state index contributed by atoms with van der Waals surface area (Å²) >= 11 is 3.39. The first-order valence-corrected chi connectivity index (χ1v) is 7.44. The Hall–Kier alpha value is -2.01. The zero-order valence-corrected chi connectivity index (χ0v) is 13.3. The third kappa shape index (κ3) is 4.23. The minimum atomic E-state index is -0.136. The van der Waals surface area contributed by atoms with Crippen LogP contribution in [-0.4, -0.2) is 12.5 Å². The van der Waals surface area contributed by atoms with Gasteiger partial charge in [0.15, 0.2) is 0 Å². The summed E-state index contributed by atoms with van der Waals surface area (Å²) in [7, 11) is 0. The van der Waals surface area contributed by atoms with Crippen molar-refractivity contribution < 1.29 is 9.53 Å². The van der Waals surface area contributed by atoms with E-state index in [4.69, 9.17) is 10.5 Å². The monoisotopic (exact) mass is 348 g/mol. The lowest BCUT2D eigenvalue weighted by molar-refractivity contribution is 0.0956. The van der Waals surface area contributed by atoms with Crippen molar-refractivity contribution in [3.63, 3.8) is 0 Å². The van der Waals surface area contributed by atoms with Crippen LogP contribution in [0, 0.1) is 0 Å². The fourth-order valence-electron chi connectivity index (χ4n) is 1.83. The molecule has 0 unspecified atom stereocenters. The Morgan fingerprint density at radius 3 is 2.57 bits per heavy atom. The van der Waals surface area contributed by atoms with Gasteiger partial charge in [-0.15, -0.1) is 0 Å². The van der Waals surface area contributed by atoms with E-state index < -0.39 is 0 Å². The normalized spacial score (nSPS) is 10.2. The van der Waals surface area contributed by atoms with E-state index in [2.05, 4.69) is 21.2 Å². The molecular weight excluding hydrogens is 332 g/mol. The second kappa shape index (κ2) is 7.13. The van der Waals surface area contributed by atoms with Crippen LogP contribution < -0.4 is 15.8 Å². The van der Waals surface area contributed by atoms with E-state index >= 15 is 0 Å². The fraction of sp³-hybridized carbons (Fsp3) is 0.188. The van der Waals surface area contributed by atoms with Crippen LogP contribution in [0.2, 0.25) is 0 Å². The van der Waals surface area contributed by atoms with Crippen LogP contribution in [0.25, 0.3) is 0 Å². The number of carbonyl (C=O) groups is 1. The van der Waals surface area contributed by atoms with E-state index in [1.54, 1.807) is 18.2 Å². The third-order valence-corrected chi connectivity index (χ3v) is 3.45. The molecule has 0 saturated carbocycles. The number of anilines is 1. The van der Waals surface area contributed by atoms with E-state index in [0.29, 0.717) is 30.2 Å². The Balaban J connectivity index is 2.04. The van der Waals surface area contributed by atoms with Crippen molar-refractivity contribution in [2.75, 3.05) is 12.3 Å². The van der Waals surface area contributed by atoms with Crippen molar-refractivity contribution in [2.24, 2.45) is 0 Å². The van der Waals surface area contributed by atoms with Gasteiger partial charge in [-0.25, -0.2) is 0 Å². The van der Waals surface area contributed by atoms with Gasteiger partial charge >= 0.3 is 0 Å². The summed E-state index contributed by atoms with van der Waals surface area (Å²) in [5.74, 6) is 0.439. The number of hydrogen-bond donors (Lipinski definition) is 2. The zero-order valence-electron chi connectivity index (χ0n) is 11.7. The van der Waals surface area contributed by atoms with Crippen molar-refractivity contribution in [1.29, 1.82) is 0 Å². The maximum atomic E-state index is 11.7. The van der Waals surface area contributed by atoms with E-state index in [1.807, 2.05) is 31.2 Å². The summed E-state index contributed by atoms with van der Waals surface area (Å²) in [6.45, 7) is 2.88. The van der Waals surface area contributed by atoms with Crippen LogP contribution >= 0.6 is 15.9 Å². The molecule has 110 valence electrons. The molecule has 0 saturated heterocycles. The lowest BCUT2D eigenvalue weighted by Gasteiger charge is -2.10. The molecule has 0 aromatic heterocycles. The first-order valence-electron chi connectivity index (χ1n) is 6.65. The van der Waals surface area contributed by atoms with Gasteiger partial charge in [0.2, 0.25) is 0 Å². The van der Waals surface area contributed by atoms with Crippen molar-refractivity contribution in [2.45, 2.75) is 13.5 Å². The number of nitrogens with two attached hydrogens (primary N) is 1. The molecule has 2 rings (SSSR count). The Morgan fingerprint density at radius 1 is 1.24 bits per heavy atom. The standard InChI is InChI=1S/C16H17BrN2O2/c1-2-19-16(20)12-5-8-15(14(18)9-12)21-10-11-3-6-13(17)7-4-11/h3-9H,2,10,18H2,1H3,(H,19,20). The van der Waals surface area contributed by atoms with Crippen molar-refractivity contribution >= 4 is 27.5 Å². The smallest absolute Gasteiger partial charge is 0.251 e. The summed E-state index contributed by atoms with van der Waals surface area (Å²) in [6.07, 6.45) is 0. The van der Waals surface area contributed by atoms with Gasteiger partial charge in [-0.3, -0.25) is 4.79 Å². The van der Waals surface area contributed by atoms with Crippen LogP contribution in [-0.2, 0) is 6.61 Å². The van der Waals surface area contributed by atoms with Gasteiger partial charge in [-0.05, 0) is 42.8 Å². The molecule has 1 amide bonds. The lowest BCUT2D eigenvalue weighted by Crippen LogP contribution is -2.22. The summed E-state index contributed by atoms with van der Waals surface area (Å²) < 4.78 is 6.71. The first kappa shape index (κ1) is 15.4. The number of benzene rings is 2. The largest absolute Gasteiger partial charge is 0.487 e. The van der Waals surface area contributed by atoms with Gasteiger partial charge in [0.05, 0.1) is 5.69 Å². The number of ether oxygens (including phenoxy) is 1. The van der Waals surface area contributed by atoms with Gasteiger partial charge in [0, 0.05) is 16.6 Å². The molecule has 0 atom stereocenters. The van der Waals surface area contributed by atoms with E-state index in [0.717, 1.165) is 10.0 Å². The number of hydrogen-bond acceptors (Lipinski definition) is 3. The molecule has 5 heteroatoms. The highest BCUT2D eigenvalue weighted by Crippen LogP contribution is 2.24. The van der Waals surface area contributed by atoms with Crippen molar-refractivity contribution in [3.05, 3.63) is 58.1 Å². The summed E-state index contributed by atoms with van der Waals surface area (Å²) in [6, 6.07) is 12.9. The number of nitrogens with one attached hydrogen (secondary N) is 1. The highest BCUT2D eigenvalue weighted by Gasteiger charge is 2.08. The molecule has 0 radical (unpaired) electrons. The molecule has 4 nitrogen and oxygen atoms in total. The molecule has 0 fully saturated rings. The molecule has 0 spiro atoms. The first-order chi connectivity index (χ1) is 10.1. The minimum absolute atomic E-state index is 0.136. The number of carbonyl (C=O) groups excluding carboxylic acids is 1. The van der Waals surface area contributed by atoms with Crippen LogP contribution in [0.1, 0.15) is 22.8 Å². The molecule has 21 heavy (non-hydrogen) atoms. The Kier molecular flexibility index (Phi) is 5.22. The van der Waals surface area contributed by atoms with Crippen molar-refractivity contribution in [3.8, 4) is 5.75 Å². The molecule has 0 heterocycles. The number of nitrogen functional groups attached to an aromatic ring is 1. The van der Waals surface area contributed by atoms with Crippen LogP contribution in [0.4, 0.5) is 5.69 Å². The Morgan fingerprint density at radius 2 is 1.95 bits per heavy atom. The maximum Gasteiger partial charge on any atom is 0.251 e. The van der Waals surface area contributed by atoms with Crippen molar-refractivity contribution in [1.82, 2.24) is 5.32 Å². The quantitative estimate of drug-likeness (QED) is 0.814. The van der Waals surface area contributed by atoms with Crippen LogP contribution in [0.5, 0.6) is 5.75 Å². The highest BCUT2D eigenvalue weighted by molar-refractivity contribution is 9.10. The SMILES string of the molecule is CCNC(=O)c1ccc(OCc2ccc(Br)cc2)c(N)c1. The molecule has 2 aromatic rings. The maximum absolute atomic E-state index is 11.7. The Bertz CT molecular complexity index is 627. The number of rotatable bonds is 5. The molecule has 0 aliphatic heterocycles. The van der Waals surface area contributed by atoms with Crippen LogP contribution in [0.3, 0.4) is 0 Å². The highest BCUT2D eigenvalue weighted by atomic mass is 79.9. The molecule has 0 aliphatic carbocycles. The number of amides is 1. The fourth-order valence-corrected chi connectivity index (χ4v) is 2.09. The average molecular weight is 349 g/mol. The van der Waals surface area contributed by atoms with Gasteiger partial charge in [0.25, 0.3) is 5.91 Å². The third-order valence-electron chi connectivity index (χ3n) is 2.92. The summed E-state index contributed by atoms with van der Waals surface area (Å²) in [4.78, 5) is 11.7. The van der Waals surface area contributed by atoms with Gasteiger partial charge in [0.1, 0.15) is 12.4 Å². The second-order valence-corrected chi connectivity index (χ2v) is 5.44. The zero-order chi connectivity index (χ0) is 15.2. The number of halogens is 1. The summed E-state index contributed by atoms with van der Waals surface area (Å²) in [5, 5.41) is 2.73. The molecule has 0 aliphatic rings. The molecule has 2 aromatic carbocycles. The predicted molar refractivity (Wildman–Crippen MR) is 87.3 cm³/mol. The predicted octanol–water partition coefficient (Wildman–Crippen LogP) is 3.36. The molecule has 3 N–H and O–H groups in total. The molecule has 0 bridgehead atoms. The lowest BCUT2D eigenvalue weighted by atomic mass is 10.1. The van der Waals surface area contributed by atoms with Gasteiger partial charge < -0.3 is 15.8 Å². The van der Waals surface area contributed by atoms with E-state index in [1.165, 1.54) is 0 Å². The topological polar surface area (TPSA) is 64.3 Å². The van der Waals surface area contributed by atoms with Crippen LogP contribution in [0.15, 0.2) is 46.9 Å². The second-order valence-electron chi connectivity index (χ2n) is 4.53. The summed E-state index contributed by atoms with van der Waals surface area (Å²) in [5.41, 5.74) is 7.96. The average Bonchev–Trinajstić information content (AvgIpc) is 2.48. The van der Waals surface area contributed by atoms with Gasteiger partial charge in [-0.2, -0.15) is 0 Å². The molecular formula is C16H17BrN2O2. The Labute approximate surface area is 132 Å². The van der Waals surface area contributed by atoms with E-state index in [9.17, 15) is 4.79 Å². The minimum Gasteiger partial charge on any atom is -0.487 e. The van der Waals surface area contributed by atoms with E-state index in [-0.39, 0.29) is 5.91 Å². The van der Waals surface area contributed by atoms with Gasteiger partial charge in [-0.1, -0.05) is 28.1 Å².